The van der Waals surface area contributed by atoms with Crippen LogP contribution < -0.4 is 4.90 Å². The van der Waals surface area contributed by atoms with Crippen LogP contribution >= 0.6 is 0 Å². The maximum Gasteiger partial charge on any atom is 0.414 e. The zero-order valence-electron chi connectivity index (χ0n) is 12.6. The molecule has 1 aliphatic rings. The van der Waals surface area contributed by atoms with Crippen molar-refractivity contribution in [3.8, 4) is 0 Å². The topological polar surface area (TPSA) is 42.4 Å². The molecule has 2 rings (SSSR count). The van der Waals surface area contributed by atoms with Crippen molar-refractivity contribution in [3.63, 3.8) is 0 Å². The summed E-state index contributed by atoms with van der Waals surface area (Å²) in [5.74, 6) is 0. The molecule has 104 valence electrons. The van der Waals surface area contributed by atoms with Crippen LogP contribution in [0.2, 0.25) is 0 Å². The Kier molecular flexibility index (Phi) is 3.07. The Bertz CT molecular complexity index is 515. The van der Waals surface area contributed by atoms with Crippen molar-refractivity contribution in [2.75, 3.05) is 11.4 Å². The van der Waals surface area contributed by atoms with Gasteiger partial charge in [-0.05, 0) is 39.3 Å². The summed E-state index contributed by atoms with van der Waals surface area (Å²) < 4.78 is 5.47. The Morgan fingerprint density at radius 1 is 1.42 bits per heavy atom. The number of anilines is 1. The van der Waals surface area contributed by atoms with Crippen LogP contribution in [0.3, 0.4) is 0 Å². The van der Waals surface area contributed by atoms with Crippen LogP contribution in [0.1, 0.15) is 45.9 Å². The fourth-order valence-corrected chi connectivity index (χ4v) is 2.32. The van der Waals surface area contributed by atoms with Gasteiger partial charge in [-0.2, -0.15) is 0 Å². The summed E-state index contributed by atoms with van der Waals surface area (Å²) in [5.41, 5.74) is 2.26. The van der Waals surface area contributed by atoms with Gasteiger partial charge in [0.05, 0.1) is 11.4 Å². The number of pyridine rings is 1. The smallest absolute Gasteiger partial charge is 0.414 e. The fraction of sp³-hybridized carbons (Fsp3) is 0.600. The largest absolute Gasteiger partial charge is 0.443 e. The molecule has 2 heterocycles. The van der Waals surface area contributed by atoms with Gasteiger partial charge in [0.2, 0.25) is 0 Å². The Morgan fingerprint density at radius 3 is 2.63 bits per heavy atom. The summed E-state index contributed by atoms with van der Waals surface area (Å²) in [7, 11) is 0. The molecule has 1 aromatic rings. The minimum Gasteiger partial charge on any atom is -0.443 e. The Hall–Kier alpha value is -1.58. The van der Waals surface area contributed by atoms with Gasteiger partial charge >= 0.3 is 6.09 Å². The number of aromatic nitrogens is 1. The molecule has 0 atom stereocenters. The first-order chi connectivity index (χ1) is 8.60. The zero-order chi connectivity index (χ0) is 14.4. The standard InChI is InChI=1S/C15H22N2O2/c1-10-7-11-12(16-8-10)15(5,6)9-17(11)13(18)19-14(2,3)4/h7-8H,9H2,1-6H3. The molecule has 1 aromatic heterocycles. The first kappa shape index (κ1) is 13.8. The highest BCUT2D eigenvalue weighted by Crippen LogP contribution is 2.39. The Morgan fingerprint density at radius 2 is 2.05 bits per heavy atom. The monoisotopic (exact) mass is 262 g/mol. The van der Waals surface area contributed by atoms with Crippen molar-refractivity contribution in [1.29, 1.82) is 0 Å². The summed E-state index contributed by atoms with van der Waals surface area (Å²) in [6, 6.07) is 2.00. The third-order valence-electron chi connectivity index (χ3n) is 3.10. The number of hydrogen-bond acceptors (Lipinski definition) is 3. The van der Waals surface area contributed by atoms with E-state index in [9.17, 15) is 4.79 Å². The molecule has 0 N–H and O–H groups in total. The molecule has 0 radical (unpaired) electrons. The maximum atomic E-state index is 12.3. The first-order valence-corrected chi connectivity index (χ1v) is 6.58. The number of nitrogens with zero attached hydrogens (tertiary/aromatic N) is 2. The molecule has 1 aliphatic heterocycles. The molecule has 0 aromatic carbocycles. The van der Waals surface area contributed by atoms with E-state index in [0.29, 0.717) is 6.54 Å². The van der Waals surface area contributed by atoms with Crippen LogP contribution in [0, 0.1) is 6.92 Å². The van der Waals surface area contributed by atoms with Crippen molar-refractivity contribution < 1.29 is 9.53 Å². The van der Waals surface area contributed by atoms with E-state index in [0.717, 1.165) is 16.9 Å². The summed E-state index contributed by atoms with van der Waals surface area (Å²) in [6.07, 6.45) is 1.55. The number of aryl methyl sites for hydroxylation is 1. The van der Waals surface area contributed by atoms with E-state index in [1.165, 1.54) is 0 Å². The van der Waals surface area contributed by atoms with Gasteiger partial charge < -0.3 is 4.74 Å². The zero-order valence-corrected chi connectivity index (χ0v) is 12.6. The molecular formula is C15H22N2O2. The highest BCUT2D eigenvalue weighted by atomic mass is 16.6. The lowest BCUT2D eigenvalue weighted by molar-refractivity contribution is 0.0579. The highest BCUT2D eigenvalue weighted by molar-refractivity contribution is 5.91. The van der Waals surface area contributed by atoms with Crippen LogP contribution in [-0.2, 0) is 10.2 Å². The van der Waals surface area contributed by atoms with Crippen LogP contribution in [0.5, 0.6) is 0 Å². The van der Waals surface area contributed by atoms with Crippen molar-refractivity contribution in [1.82, 2.24) is 4.98 Å². The van der Waals surface area contributed by atoms with Crippen molar-refractivity contribution in [2.24, 2.45) is 0 Å². The molecular weight excluding hydrogens is 240 g/mol. The SMILES string of the molecule is Cc1cnc2c(c1)N(C(=O)OC(C)(C)C)CC2(C)C. The molecule has 0 saturated carbocycles. The lowest BCUT2D eigenvalue weighted by Crippen LogP contribution is -2.38. The van der Waals surface area contributed by atoms with Crippen molar-refractivity contribution in [3.05, 3.63) is 23.5 Å². The fourth-order valence-electron chi connectivity index (χ4n) is 2.32. The molecule has 1 amide bonds. The average molecular weight is 262 g/mol. The van der Waals surface area contributed by atoms with Gasteiger partial charge in [0.15, 0.2) is 0 Å². The quantitative estimate of drug-likeness (QED) is 0.719. The molecule has 0 spiro atoms. The van der Waals surface area contributed by atoms with E-state index in [4.69, 9.17) is 4.74 Å². The van der Waals surface area contributed by atoms with Gasteiger partial charge in [-0.25, -0.2) is 4.79 Å². The predicted octanol–water partition coefficient (Wildman–Crippen LogP) is 3.42. The van der Waals surface area contributed by atoms with Gasteiger partial charge in [-0.15, -0.1) is 0 Å². The second kappa shape index (κ2) is 4.22. The predicted molar refractivity (Wildman–Crippen MR) is 75.6 cm³/mol. The second-order valence-corrected chi connectivity index (χ2v) is 6.83. The highest BCUT2D eigenvalue weighted by Gasteiger charge is 2.40. The number of hydrogen-bond donors (Lipinski definition) is 0. The van der Waals surface area contributed by atoms with E-state index in [1.54, 1.807) is 4.90 Å². The molecule has 19 heavy (non-hydrogen) atoms. The van der Waals surface area contributed by atoms with Gasteiger partial charge in [0.25, 0.3) is 0 Å². The molecule has 0 bridgehead atoms. The summed E-state index contributed by atoms with van der Waals surface area (Å²) in [5, 5.41) is 0. The van der Waals surface area contributed by atoms with E-state index < -0.39 is 5.60 Å². The van der Waals surface area contributed by atoms with Crippen molar-refractivity contribution >= 4 is 11.8 Å². The third-order valence-corrected chi connectivity index (χ3v) is 3.10. The van der Waals surface area contributed by atoms with Crippen LogP contribution in [0.15, 0.2) is 12.3 Å². The molecule has 0 unspecified atom stereocenters. The van der Waals surface area contributed by atoms with Crippen LogP contribution in [0.4, 0.5) is 10.5 Å². The van der Waals surface area contributed by atoms with Crippen LogP contribution in [0.25, 0.3) is 0 Å². The minimum absolute atomic E-state index is 0.139. The molecule has 0 aliphatic carbocycles. The summed E-state index contributed by atoms with van der Waals surface area (Å²) in [6.45, 7) is 12.4. The number of rotatable bonds is 0. The summed E-state index contributed by atoms with van der Waals surface area (Å²) in [4.78, 5) is 18.5. The van der Waals surface area contributed by atoms with E-state index in [1.807, 2.05) is 40.0 Å². The van der Waals surface area contributed by atoms with E-state index in [2.05, 4.69) is 18.8 Å². The normalized spacial score (nSPS) is 17.3. The van der Waals surface area contributed by atoms with E-state index in [-0.39, 0.29) is 11.5 Å². The third kappa shape index (κ3) is 2.72. The molecule has 4 nitrogen and oxygen atoms in total. The molecule has 0 saturated heterocycles. The van der Waals surface area contributed by atoms with Gasteiger partial charge in [-0.1, -0.05) is 13.8 Å². The van der Waals surface area contributed by atoms with Crippen molar-refractivity contribution in [2.45, 2.75) is 52.6 Å². The van der Waals surface area contributed by atoms with Gasteiger partial charge in [0, 0.05) is 18.2 Å². The first-order valence-electron chi connectivity index (χ1n) is 6.58. The van der Waals surface area contributed by atoms with Gasteiger partial charge in [0.1, 0.15) is 5.60 Å². The molecule has 4 heteroatoms. The summed E-state index contributed by atoms with van der Waals surface area (Å²) >= 11 is 0. The number of ether oxygens (including phenoxy) is 1. The van der Waals surface area contributed by atoms with Gasteiger partial charge in [-0.3, -0.25) is 9.88 Å². The minimum atomic E-state index is -0.485. The Labute approximate surface area is 114 Å². The number of amides is 1. The van der Waals surface area contributed by atoms with Crippen LogP contribution in [-0.4, -0.2) is 23.2 Å². The number of carbonyl (C=O) groups is 1. The maximum absolute atomic E-state index is 12.3. The van der Waals surface area contributed by atoms with E-state index >= 15 is 0 Å². The molecule has 0 fully saturated rings. The second-order valence-electron chi connectivity index (χ2n) is 6.83. The number of carbonyl (C=O) groups excluding carboxylic acids is 1. The lowest BCUT2D eigenvalue weighted by atomic mass is 9.91. The Balaban J connectivity index is 2.36. The average Bonchev–Trinajstić information content (AvgIpc) is 2.48. The lowest BCUT2D eigenvalue weighted by Gasteiger charge is -2.25. The number of fused-ring (bicyclic) bond motifs is 1.